The van der Waals surface area contributed by atoms with Crippen molar-refractivity contribution in [2.75, 3.05) is 45.7 Å². The van der Waals surface area contributed by atoms with E-state index in [0.717, 1.165) is 24.4 Å². The summed E-state index contributed by atoms with van der Waals surface area (Å²) in [4.78, 5) is 27.1. The van der Waals surface area contributed by atoms with Crippen LogP contribution in [-0.2, 0) is 4.79 Å². The molecule has 7 heteroatoms. The van der Waals surface area contributed by atoms with Crippen molar-refractivity contribution in [3.63, 3.8) is 0 Å². The molecule has 0 unspecified atom stereocenters. The van der Waals surface area contributed by atoms with E-state index in [1.54, 1.807) is 12.0 Å². The van der Waals surface area contributed by atoms with Gasteiger partial charge in [0, 0.05) is 31.6 Å². The van der Waals surface area contributed by atoms with Crippen molar-refractivity contribution in [1.29, 1.82) is 0 Å². The minimum atomic E-state index is -0.210. The molecule has 24 heavy (non-hydrogen) atoms. The van der Waals surface area contributed by atoms with E-state index in [1.165, 1.54) is 4.90 Å². The number of nitrogens with zero attached hydrogens (tertiary/aromatic N) is 1. The Hall–Kier alpha value is -2.28. The first-order valence-electron chi connectivity index (χ1n) is 8.27. The van der Waals surface area contributed by atoms with Gasteiger partial charge in [-0.25, -0.2) is 4.79 Å². The van der Waals surface area contributed by atoms with E-state index in [4.69, 9.17) is 4.74 Å². The van der Waals surface area contributed by atoms with Crippen molar-refractivity contribution < 1.29 is 19.2 Å². The molecule has 3 amide bonds. The van der Waals surface area contributed by atoms with Crippen LogP contribution in [0.2, 0.25) is 0 Å². The van der Waals surface area contributed by atoms with Crippen molar-refractivity contribution in [2.24, 2.45) is 0 Å². The van der Waals surface area contributed by atoms with E-state index in [9.17, 15) is 9.59 Å². The van der Waals surface area contributed by atoms with Crippen LogP contribution >= 0.6 is 0 Å². The summed E-state index contributed by atoms with van der Waals surface area (Å²) in [5, 5.41) is 5.72. The minimum absolute atomic E-state index is 0.0154. The van der Waals surface area contributed by atoms with E-state index in [0.29, 0.717) is 19.5 Å². The molecule has 1 aliphatic heterocycles. The Morgan fingerprint density at radius 3 is 2.67 bits per heavy atom. The predicted octanol–water partition coefficient (Wildman–Crippen LogP) is -0.366. The fraction of sp³-hybridized carbons (Fsp3) is 0.529. The number of nitrogens with one attached hydrogen (secondary N) is 3. The summed E-state index contributed by atoms with van der Waals surface area (Å²) < 4.78 is 5.12. The van der Waals surface area contributed by atoms with Gasteiger partial charge in [0.05, 0.1) is 33.8 Å². The van der Waals surface area contributed by atoms with Gasteiger partial charge in [-0.2, -0.15) is 0 Å². The number of hydrogen-bond acceptors (Lipinski definition) is 3. The number of hydrogen-bond donors (Lipinski definition) is 3. The lowest BCUT2D eigenvalue weighted by Gasteiger charge is -2.18. The van der Waals surface area contributed by atoms with E-state index < -0.39 is 0 Å². The molecule has 1 fully saturated rings. The molecule has 0 aromatic heterocycles. The summed E-state index contributed by atoms with van der Waals surface area (Å²) in [6, 6.07) is 6.97. The highest BCUT2D eigenvalue weighted by Gasteiger charge is 2.31. The summed E-state index contributed by atoms with van der Waals surface area (Å²) >= 11 is 0. The molecule has 1 saturated heterocycles. The second-order valence-electron chi connectivity index (χ2n) is 6.31. The van der Waals surface area contributed by atoms with Gasteiger partial charge < -0.3 is 25.2 Å². The highest BCUT2D eigenvalue weighted by atomic mass is 16.5. The number of rotatable bonds is 7. The fourth-order valence-corrected chi connectivity index (χ4v) is 2.70. The lowest BCUT2D eigenvalue weighted by Crippen LogP contribution is -3.05. The molecule has 1 aromatic carbocycles. The number of carbonyl (C=O) groups excluding carboxylic acids is 2. The highest BCUT2D eigenvalue weighted by molar-refractivity contribution is 5.96. The molecule has 1 heterocycles. The predicted molar refractivity (Wildman–Crippen MR) is 92.6 cm³/mol. The second kappa shape index (κ2) is 8.54. The second-order valence-corrected chi connectivity index (χ2v) is 6.31. The molecule has 132 valence electrons. The van der Waals surface area contributed by atoms with Crippen LogP contribution in [0.15, 0.2) is 24.3 Å². The van der Waals surface area contributed by atoms with Crippen molar-refractivity contribution >= 4 is 17.6 Å². The van der Waals surface area contributed by atoms with Gasteiger partial charge in [-0.1, -0.05) is 0 Å². The van der Waals surface area contributed by atoms with E-state index in [-0.39, 0.29) is 18.0 Å². The summed E-state index contributed by atoms with van der Waals surface area (Å²) in [5.41, 5.74) is 0.819. The molecule has 0 aliphatic carbocycles. The van der Waals surface area contributed by atoms with Gasteiger partial charge in [-0.15, -0.1) is 0 Å². The lowest BCUT2D eigenvalue weighted by atomic mass is 10.2. The zero-order valence-electron chi connectivity index (χ0n) is 14.6. The topological polar surface area (TPSA) is 75.1 Å². The Bertz CT molecular complexity index is 559. The molecular formula is C17H27N4O3+. The molecule has 1 atom stereocenters. The highest BCUT2D eigenvalue weighted by Crippen LogP contribution is 2.24. The average Bonchev–Trinajstić information content (AvgIpc) is 2.92. The summed E-state index contributed by atoms with van der Waals surface area (Å²) in [6.45, 7) is 2.13. The van der Waals surface area contributed by atoms with E-state index >= 15 is 0 Å². The Morgan fingerprint density at radius 1 is 1.33 bits per heavy atom. The third kappa shape index (κ3) is 5.13. The van der Waals surface area contributed by atoms with Crippen LogP contribution in [0.4, 0.5) is 10.5 Å². The first-order valence-corrected chi connectivity index (χ1v) is 8.27. The van der Waals surface area contributed by atoms with Gasteiger partial charge >= 0.3 is 6.03 Å². The average molecular weight is 335 g/mol. The molecule has 1 aliphatic rings. The van der Waals surface area contributed by atoms with Crippen molar-refractivity contribution in [3.05, 3.63) is 24.3 Å². The largest absolute Gasteiger partial charge is 0.497 e. The van der Waals surface area contributed by atoms with Gasteiger partial charge in [-0.3, -0.25) is 4.79 Å². The number of amides is 3. The first kappa shape index (κ1) is 18.1. The number of quaternary nitrogens is 1. The molecule has 0 bridgehead atoms. The zero-order valence-corrected chi connectivity index (χ0v) is 14.6. The number of anilines is 1. The van der Waals surface area contributed by atoms with Gasteiger partial charge in [0.25, 0.3) is 0 Å². The van der Waals surface area contributed by atoms with Crippen molar-refractivity contribution in [2.45, 2.75) is 18.9 Å². The third-order valence-corrected chi connectivity index (χ3v) is 3.98. The summed E-state index contributed by atoms with van der Waals surface area (Å²) in [6.07, 6.45) is 1.25. The van der Waals surface area contributed by atoms with Crippen LogP contribution in [0.3, 0.4) is 0 Å². The van der Waals surface area contributed by atoms with Gasteiger partial charge in [-0.05, 0) is 24.3 Å². The molecule has 3 N–H and O–H groups in total. The SMILES string of the molecule is COc1ccc(N2C[C@@H](NC(=O)NCCC[NH+](C)C)CC2=O)cc1. The van der Waals surface area contributed by atoms with Crippen LogP contribution in [-0.4, -0.2) is 58.8 Å². The van der Waals surface area contributed by atoms with Gasteiger partial charge in [0.1, 0.15) is 5.75 Å². The monoisotopic (exact) mass is 335 g/mol. The zero-order chi connectivity index (χ0) is 17.5. The van der Waals surface area contributed by atoms with Gasteiger partial charge in [0.15, 0.2) is 0 Å². The Morgan fingerprint density at radius 2 is 2.04 bits per heavy atom. The Labute approximate surface area is 142 Å². The standard InChI is InChI=1S/C17H26N4O3/c1-20(2)10-4-9-18-17(23)19-13-11-16(22)21(12-13)14-5-7-15(24-3)8-6-14/h5-8,13H,4,9-12H2,1-3H3,(H2,18,19,23)/p+1/t13-/m0/s1. The Kier molecular flexibility index (Phi) is 6.43. The molecule has 7 nitrogen and oxygen atoms in total. The first-order chi connectivity index (χ1) is 11.5. The lowest BCUT2D eigenvalue weighted by molar-refractivity contribution is -0.858. The van der Waals surface area contributed by atoms with E-state index in [1.807, 2.05) is 24.3 Å². The van der Waals surface area contributed by atoms with Crippen LogP contribution in [0.1, 0.15) is 12.8 Å². The van der Waals surface area contributed by atoms with Crippen LogP contribution in [0.25, 0.3) is 0 Å². The summed E-state index contributed by atoms with van der Waals surface area (Å²) in [7, 11) is 5.77. The molecular weight excluding hydrogens is 308 g/mol. The Balaban J connectivity index is 1.80. The van der Waals surface area contributed by atoms with Crippen LogP contribution in [0.5, 0.6) is 5.75 Å². The van der Waals surface area contributed by atoms with Crippen molar-refractivity contribution in [1.82, 2.24) is 10.6 Å². The van der Waals surface area contributed by atoms with E-state index in [2.05, 4.69) is 24.7 Å². The quantitative estimate of drug-likeness (QED) is 0.596. The third-order valence-electron chi connectivity index (χ3n) is 3.98. The van der Waals surface area contributed by atoms with Crippen LogP contribution in [0, 0.1) is 0 Å². The molecule has 2 rings (SSSR count). The molecule has 0 saturated carbocycles. The smallest absolute Gasteiger partial charge is 0.315 e. The maximum Gasteiger partial charge on any atom is 0.315 e. The normalized spacial score (nSPS) is 17.2. The minimum Gasteiger partial charge on any atom is -0.497 e. The molecule has 0 spiro atoms. The molecule has 0 radical (unpaired) electrons. The maximum atomic E-state index is 12.2. The van der Waals surface area contributed by atoms with Crippen molar-refractivity contribution in [3.8, 4) is 5.75 Å². The molecule has 1 aromatic rings. The number of methoxy groups -OCH3 is 1. The number of urea groups is 1. The number of carbonyl (C=O) groups is 2. The fourth-order valence-electron chi connectivity index (χ4n) is 2.70. The maximum absolute atomic E-state index is 12.2. The van der Waals surface area contributed by atoms with Crippen LogP contribution < -0.4 is 25.2 Å². The van der Waals surface area contributed by atoms with Gasteiger partial charge in [0.2, 0.25) is 5.91 Å². The number of benzene rings is 1. The number of ether oxygens (including phenoxy) is 1. The summed E-state index contributed by atoms with van der Waals surface area (Å²) in [5.74, 6) is 0.765.